The molecule has 1 aromatic carbocycles. The summed E-state index contributed by atoms with van der Waals surface area (Å²) in [6.07, 6.45) is 0.490. The zero-order chi connectivity index (χ0) is 11.3. The maximum absolute atomic E-state index is 11.0. The fourth-order valence-electron chi connectivity index (χ4n) is 1.30. The number of carbonyl (C=O) groups is 1. The molecule has 15 heavy (non-hydrogen) atoms. The van der Waals surface area contributed by atoms with Crippen molar-refractivity contribution < 1.29 is 9.90 Å². The Hall–Kier alpha value is -1.61. The van der Waals surface area contributed by atoms with Gasteiger partial charge in [-0.05, 0) is 18.6 Å². The fourth-order valence-corrected chi connectivity index (χ4v) is 1.30. The van der Waals surface area contributed by atoms with Crippen LogP contribution >= 0.6 is 0 Å². The smallest absolute Gasteiger partial charge is 0.243 e. The van der Waals surface area contributed by atoms with Crippen LogP contribution in [0.15, 0.2) is 43.0 Å². The SMILES string of the molecule is C=CC(=O)NC(C)[C@@H](O)c1ccccc1. The van der Waals surface area contributed by atoms with Crippen LogP contribution in [0.5, 0.6) is 0 Å². The molecule has 1 aromatic rings. The third-order valence-corrected chi connectivity index (χ3v) is 2.17. The summed E-state index contributed by atoms with van der Waals surface area (Å²) in [5, 5.41) is 12.5. The maximum Gasteiger partial charge on any atom is 0.243 e. The summed E-state index contributed by atoms with van der Waals surface area (Å²) >= 11 is 0. The fraction of sp³-hybridized carbons (Fsp3) is 0.250. The summed E-state index contributed by atoms with van der Waals surface area (Å²) in [5.74, 6) is -0.280. The molecule has 0 aliphatic rings. The first-order valence-electron chi connectivity index (χ1n) is 4.81. The Kier molecular flexibility index (Phi) is 4.06. The number of carbonyl (C=O) groups excluding carboxylic acids is 1. The first-order chi connectivity index (χ1) is 7.15. The van der Waals surface area contributed by atoms with Gasteiger partial charge in [-0.3, -0.25) is 4.79 Å². The van der Waals surface area contributed by atoms with Crippen LogP contribution in [0.4, 0.5) is 0 Å². The molecular weight excluding hydrogens is 190 g/mol. The van der Waals surface area contributed by atoms with E-state index in [1.807, 2.05) is 30.3 Å². The molecule has 1 rings (SSSR count). The highest BCUT2D eigenvalue weighted by Crippen LogP contribution is 2.15. The molecule has 2 atom stereocenters. The number of nitrogens with one attached hydrogen (secondary N) is 1. The highest BCUT2D eigenvalue weighted by atomic mass is 16.3. The van der Waals surface area contributed by atoms with Gasteiger partial charge in [-0.1, -0.05) is 36.9 Å². The minimum atomic E-state index is -0.699. The molecule has 3 nitrogen and oxygen atoms in total. The molecule has 0 aliphatic carbocycles. The summed E-state index contributed by atoms with van der Waals surface area (Å²) in [4.78, 5) is 11.0. The first kappa shape index (κ1) is 11.5. The Morgan fingerprint density at radius 1 is 1.47 bits per heavy atom. The van der Waals surface area contributed by atoms with E-state index in [1.165, 1.54) is 6.08 Å². The average molecular weight is 205 g/mol. The van der Waals surface area contributed by atoms with Crippen LogP contribution in [-0.2, 0) is 4.79 Å². The van der Waals surface area contributed by atoms with E-state index in [4.69, 9.17) is 0 Å². The van der Waals surface area contributed by atoms with Gasteiger partial charge in [0.05, 0.1) is 12.1 Å². The molecule has 0 radical (unpaired) electrons. The van der Waals surface area contributed by atoms with Crippen molar-refractivity contribution in [3.05, 3.63) is 48.6 Å². The zero-order valence-corrected chi connectivity index (χ0v) is 8.68. The van der Waals surface area contributed by atoms with E-state index >= 15 is 0 Å². The predicted octanol–water partition coefficient (Wildman–Crippen LogP) is 1.41. The van der Waals surface area contributed by atoms with Gasteiger partial charge in [0.2, 0.25) is 5.91 Å². The number of rotatable bonds is 4. The van der Waals surface area contributed by atoms with Crippen molar-refractivity contribution >= 4 is 5.91 Å². The van der Waals surface area contributed by atoms with E-state index in [0.29, 0.717) is 0 Å². The van der Waals surface area contributed by atoms with E-state index in [0.717, 1.165) is 5.56 Å². The van der Waals surface area contributed by atoms with Crippen LogP contribution in [0.1, 0.15) is 18.6 Å². The van der Waals surface area contributed by atoms with Crippen LogP contribution in [-0.4, -0.2) is 17.1 Å². The van der Waals surface area contributed by atoms with Crippen molar-refractivity contribution in [2.75, 3.05) is 0 Å². The summed E-state index contributed by atoms with van der Waals surface area (Å²) in [6.45, 7) is 5.10. The Morgan fingerprint density at radius 2 is 2.07 bits per heavy atom. The van der Waals surface area contributed by atoms with E-state index < -0.39 is 6.10 Å². The van der Waals surface area contributed by atoms with Gasteiger partial charge in [-0.25, -0.2) is 0 Å². The largest absolute Gasteiger partial charge is 0.386 e. The molecule has 0 saturated carbocycles. The van der Waals surface area contributed by atoms with Crippen LogP contribution in [0.3, 0.4) is 0 Å². The lowest BCUT2D eigenvalue weighted by molar-refractivity contribution is -0.117. The van der Waals surface area contributed by atoms with Gasteiger partial charge in [-0.15, -0.1) is 0 Å². The predicted molar refractivity (Wildman–Crippen MR) is 59.2 cm³/mol. The second-order valence-corrected chi connectivity index (χ2v) is 3.36. The Labute approximate surface area is 89.4 Å². The molecule has 0 heterocycles. The van der Waals surface area contributed by atoms with E-state index in [2.05, 4.69) is 11.9 Å². The minimum Gasteiger partial charge on any atom is -0.386 e. The normalized spacial score (nSPS) is 14.0. The van der Waals surface area contributed by atoms with Gasteiger partial charge in [0, 0.05) is 0 Å². The summed E-state index contributed by atoms with van der Waals surface area (Å²) in [7, 11) is 0. The molecule has 1 amide bonds. The Bertz CT molecular complexity index is 335. The maximum atomic E-state index is 11.0. The van der Waals surface area contributed by atoms with Crippen LogP contribution in [0, 0.1) is 0 Å². The van der Waals surface area contributed by atoms with E-state index in [1.54, 1.807) is 6.92 Å². The summed E-state index contributed by atoms with van der Waals surface area (Å²) < 4.78 is 0. The van der Waals surface area contributed by atoms with Crippen molar-refractivity contribution in [3.63, 3.8) is 0 Å². The molecule has 0 spiro atoms. The van der Waals surface area contributed by atoms with Crippen LogP contribution in [0.25, 0.3) is 0 Å². The molecule has 0 fully saturated rings. The van der Waals surface area contributed by atoms with Gasteiger partial charge in [-0.2, -0.15) is 0 Å². The van der Waals surface area contributed by atoms with Crippen molar-refractivity contribution in [3.8, 4) is 0 Å². The number of hydrogen-bond donors (Lipinski definition) is 2. The second kappa shape index (κ2) is 5.32. The molecule has 1 unspecified atom stereocenters. The Morgan fingerprint density at radius 3 is 2.60 bits per heavy atom. The van der Waals surface area contributed by atoms with Gasteiger partial charge in [0.25, 0.3) is 0 Å². The summed E-state index contributed by atoms with van der Waals surface area (Å²) in [6, 6.07) is 8.88. The third-order valence-electron chi connectivity index (χ3n) is 2.17. The molecule has 0 saturated heterocycles. The molecular formula is C12H15NO2. The second-order valence-electron chi connectivity index (χ2n) is 3.36. The van der Waals surface area contributed by atoms with Crippen molar-refractivity contribution in [2.45, 2.75) is 19.1 Å². The number of benzene rings is 1. The van der Waals surface area contributed by atoms with Crippen molar-refractivity contribution in [1.82, 2.24) is 5.32 Å². The van der Waals surface area contributed by atoms with E-state index in [-0.39, 0.29) is 11.9 Å². The molecule has 0 aliphatic heterocycles. The molecule has 2 N–H and O–H groups in total. The zero-order valence-electron chi connectivity index (χ0n) is 8.68. The number of hydrogen-bond acceptors (Lipinski definition) is 2. The molecule has 3 heteroatoms. The average Bonchev–Trinajstić information content (AvgIpc) is 2.29. The highest BCUT2D eigenvalue weighted by molar-refractivity contribution is 5.87. The lowest BCUT2D eigenvalue weighted by atomic mass is 10.0. The topological polar surface area (TPSA) is 49.3 Å². The molecule has 0 bridgehead atoms. The quantitative estimate of drug-likeness (QED) is 0.730. The number of amides is 1. The van der Waals surface area contributed by atoms with Gasteiger partial charge < -0.3 is 10.4 Å². The molecule has 0 aromatic heterocycles. The van der Waals surface area contributed by atoms with Crippen LogP contribution in [0.2, 0.25) is 0 Å². The van der Waals surface area contributed by atoms with Gasteiger partial charge in [0.15, 0.2) is 0 Å². The number of aliphatic hydroxyl groups excluding tert-OH is 1. The van der Waals surface area contributed by atoms with Gasteiger partial charge in [0.1, 0.15) is 0 Å². The van der Waals surface area contributed by atoms with Crippen molar-refractivity contribution in [1.29, 1.82) is 0 Å². The highest BCUT2D eigenvalue weighted by Gasteiger charge is 2.16. The van der Waals surface area contributed by atoms with Crippen molar-refractivity contribution in [2.24, 2.45) is 0 Å². The molecule has 80 valence electrons. The van der Waals surface area contributed by atoms with Gasteiger partial charge >= 0.3 is 0 Å². The summed E-state index contributed by atoms with van der Waals surface area (Å²) in [5.41, 5.74) is 0.786. The van der Waals surface area contributed by atoms with Crippen LogP contribution < -0.4 is 5.32 Å². The Balaban J connectivity index is 2.64. The third kappa shape index (κ3) is 3.22. The standard InChI is InChI=1S/C12H15NO2/c1-3-11(14)13-9(2)12(15)10-7-5-4-6-8-10/h3-9,12,15H,1H2,2H3,(H,13,14)/t9?,12-/m1/s1. The van der Waals surface area contributed by atoms with E-state index in [9.17, 15) is 9.90 Å². The lowest BCUT2D eigenvalue weighted by Crippen LogP contribution is -2.35. The first-order valence-corrected chi connectivity index (χ1v) is 4.81. The minimum absolute atomic E-state index is 0.280. The monoisotopic (exact) mass is 205 g/mol. The lowest BCUT2D eigenvalue weighted by Gasteiger charge is -2.19. The number of aliphatic hydroxyl groups is 1.